The van der Waals surface area contributed by atoms with Crippen molar-refractivity contribution in [3.63, 3.8) is 0 Å². The molecule has 0 unspecified atom stereocenters. The van der Waals surface area contributed by atoms with Gasteiger partial charge >= 0.3 is 0 Å². The fraction of sp³-hybridized carbons (Fsp3) is 0.333. The van der Waals surface area contributed by atoms with Crippen LogP contribution < -0.4 is 5.32 Å². The Hall–Kier alpha value is -1.14. The molecule has 1 fully saturated rings. The molecule has 2 aromatic rings. The Morgan fingerprint density at radius 1 is 1.42 bits per heavy atom. The average Bonchev–Trinajstić information content (AvgIpc) is 2.97. The normalized spacial score (nSPS) is 22.2. The number of aliphatic hydroxyl groups is 1. The van der Waals surface area contributed by atoms with Gasteiger partial charge in [-0.1, -0.05) is 28.9 Å². The predicted molar refractivity (Wildman–Crippen MR) is 73.4 cm³/mol. The van der Waals surface area contributed by atoms with Crippen molar-refractivity contribution in [2.24, 2.45) is 0 Å². The molecule has 2 atom stereocenters. The lowest BCUT2D eigenvalue weighted by Crippen LogP contribution is -2.15. The molecule has 2 N–H and O–H groups in total. The molecule has 1 saturated heterocycles. The van der Waals surface area contributed by atoms with Crippen LogP contribution in [0.2, 0.25) is 5.02 Å². The van der Waals surface area contributed by atoms with Gasteiger partial charge in [-0.3, -0.25) is 0 Å². The Kier molecular flexibility index (Phi) is 4.42. The molecule has 3 rings (SSSR count). The minimum atomic E-state index is -0.350. The first kappa shape index (κ1) is 14.3. The Bertz CT molecular complexity index is 561. The molecule has 1 aliphatic rings. The molecule has 5 nitrogen and oxygen atoms in total. The summed E-state index contributed by atoms with van der Waals surface area (Å²) in [6, 6.07) is 7.22. The molecule has 0 saturated carbocycles. The Morgan fingerprint density at radius 3 is 2.95 bits per heavy atom. The first-order valence-corrected chi connectivity index (χ1v) is 6.11. The second kappa shape index (κ2) is 5.88. The van der Waals surface area contributed by atoms with Crippen LogP contribution in [0.5, 0.6) is 0 Å². The standard InChI is InChI=1S/C12H12ClN3O2.ClH/c13-8-3-1-2-7(4-8)11-15-12(18-16-11)10-5-9(17)6-14-10;/h1-4,9-10,14,17H,5-6H2;1H/t9-,10-;/m0./s1. The van der Waals surface area contributed by atoms with Crippen molar-refractivity contribution in [3.05, 3.63) is 35.2 Å². The largest absolute Gasteiger partial charge is 0.392 e. The van der Waals surface area contributed by atoms with E-state index in [4.69, 9.17) is 16.1 Å². The van der Waals surface area contributed by atoms with Crippen LogP contribution in [0.25, 0.3) is 11.4 Å². The molecule has 1 aromatic carbocycles. The van der Waals surface area contributed by atoms with E-state index in [0.717, 1.165) is 5.56 Å². The second-order valence-electron chi connectivity index (χ2n) is 4.32. The van der Waals surface area contributed by atoms with Gasteiger partial charge in [-0.15, -0.1) is 12.4 Å². The van der Waals surface area contributed by atoms with Crippen LogP contribution in [0.4, 0.5) is 0 Å². The molecule has 0 amide bonds. The van der Waals surface area contributed by atoms with E-state index in [1.807, 2.05) is 12.1 Å². The number of rotatable bonds is 2. The molecule has 19 heavy (non-hydrogen) atoms. The lowest BCUT2D eigenvalue weighted by Gasteiger charge is -2.01. The fourth-order valence-electron chi connectivity index (χ4n) is 2.03. The van der Waals surface area contributed by atoms with Gasteiger partial charge in [0, 0.05) is 17.1 Å². The maximum atomic E-state index is 9.45. The molecule has 7 heteroatoms. The maximum Gasteiger partial charge on any atom is 0.244 e. The zero-order valence-electron chi connectivity index (χ0n) is 9.91. The van der Waals surface area contributed by atoms with E-state index in [0.29, 0.717) is 29.7 Å². The predicted octanol–water partition coefficient (Wildman–Crippen LogP) is 2.21. The Balaban J connectivity index is 0.00000133. The van der Waals surface area contributed by atoms with Crippen LogP contribution in [-0.4, -0.2) is 27.9 Å². The molecule has 0 aliphatic carbocycles. The smallest absolute Gasteiger partial charge is 0.244 e. The van der Waals surface area contributed by atoms with Crippen LogP contribution >= 0.6 is 24.0 Å². The van der Waals surface area contributed by atoms with Crippen molar-refractivity contribution in [1.29, 1.82) is 0 Å². The molecule has 2 heterocycles. The Morgan fingerprint density at radius 2 is 2.26 bits per heavy atom. The number of aliphatic hydroxyl groups excluding tert-OH is 1. The summed E-state index contributed by atoms with van der Waals surface area (Å²) in [6.45, 7) is 0.555. The van der Waals surface area contributed by atoms with Crippen molar-refractivity contribution in [3.8, 4) is 11.4 Å². The maximum absolute atomic E-state index is 9.45. The van der Waals surface area contributed by atoms with E-state index in [2.05, 4.69) is 15.5 Å². The van der Waals surface area contributed by atoms with E-state index in [-0.39, 0.29) is 24.6 Å². The van der Waals surface area contributed by atoms with Crippen molar-refractivity contribution >= 4 is 24.0 Å². The van der Waals surface area contributed by atoms with Crippen molar-refractivity contribution < 1.29 is 9.63 Å². The topological polar surface area (TPSA) is 71.2 Å². The van der Waals surface area contributed by atoms with Gasteiger partial charge in [-0.25, -0.2) is 0 Å². The van der Waals surface area contributed by atoms with Crippen molar-refractivity contribution in [2.45, 2.75) is 18.6 Å². The van der Waals surface area contributed by atoms with Crippen molar-refractivity contribution in [1.82, 2.24) is 15.5 Å². The molecule has 1 aliphatic heterocycles. The zero-order chi connectivity index (χ0) is 12.5. The third-order valence-corrected chi connectivity index (χ3v) is 3.17. The summed E-state index contributed by atoms with van der Waals surface area (Å²) in [6.07, 6.45) is 0.244. The first-order chi connectivity index (χ1) is 8.72. The van der Waals surface area contributed by atoms with E-state index >= 15 is 0 Å². The number of nitrogens with one attached hydrogen (secondary N) is 1. The van der Waals surface area contributed by atoms with Crippen LogP contribution in [0.1, 0.15) is 18.4 Å². The summed E-state index contributed by atoms with van der Waals surface area (Å²) >= 11 is 5.92. The van der Waals surface area contributed by atoms with E-state index in [9.17, 15) is 5.11 Å². The van der Waals surface area contributed by atoms with Crippen LogP contribution in [0.15, 0.2) is 28.8 Å². The second-order valence-corrected chi connectivity index (χ2v) is 4.75. The molecule has 102 valence electrons. The quantitative estimate of drug-likeness (QED) is 0.890. The summed E-state index contributed by atoms with van der Waals surface area (Å²) in [5.74, 6) is 1.01. The summed E-state index contributed by atoms with van der Waals surface area (Å²) in [5.41, 5.74) is 0.816. The Labute approximate surface area is 121 Å². The van der Waals surface area contributed by atoms with Gasteiger partial charge in [-0.2, -0.15) is 4.98 Å². The van der Waals surface area contributed by atoms with Crippen LogP contribution in [0, 0.1) is 0 Å². The summed E-state index contributed by atoms with van der Waals surface area (Å²) in [5, 5.41) is 17.1. The van der Waals surface area contributed by atoms with Gasteiger partial charge in [0.1, 0.15) is 0 Å². The highest BCUT2D eigenvalue weighted by atomic mass is 35.5. The molecule has 0 bridgehead atoms. The number of benzene rings is 1. The minimum absolute atomic E-state index is 0. The zero-order valence-corrected chi connectivity index (χ0v) is 11.5. The molecular weight excluding hydrogens is 289 g/mol. The minimum Gasteiger partial charge on any atom is -0.392 e. The monoisotopic (exact) mass is 301 g/mol. The SMILES string of the molecule is Cl.O[C@@H]1CN[C@H](c2nc(-c3cccc(Cl)c3)no2)C1. The third-order valence-electron chi connectivity index (χ3n) is 2.93. The number of nitrogens with zero attached hydrogens (tertiary/aromatic N) is 2. The molecule has 0 spiro atoms. The summed E-state index contributed by atoms with van der Waals surface area (Å²) in [4.78, 5) is 4.33. The van der Waals surface area contributed by atoms with E-state index < -0.39 is 0 Å². The number of β-amino-alcohol motifs (C(OH)–C–C–N with tert-alkyl or cyclic N) is 1. The van der Waals surface area contributed by atoms with Crippen molar-refractivity contribution in [2.75, 3.05) is 6.54 Å². The van der Waals surface area contributed by atoms with Crippen LogP contribution in [0.3, 0.4) is 0 Å². The van der Waals surface area contributed by atoms with Gasteiger partial charge in [0.05, 0.1) is 12.1 Å². The van der Waals surface area contributed by atoms with E-state index in [1.54, 1.807) is 12.1 Å². The van der Waals surface area contributed by atoms with E-state index in [1.165, 1.54) is 0 Å². The molecular formula is C12H13Cl2N3O2. The summed E-state index contributed by atoms with van der Waals surface area (Å²) < 4.78 is 5.21. The third kappa shape index (κ3) is 3.06. The highest BCUT2D eigenvalue weighted by molar-refractivity contribution is 6.30. The summed E-state index contributed by atoms with van der Waals surface area (Å²) in [7, 11) is 0. The lowest BCUT2D eigenvalue weighted by molar-refractivity contribution is 0.191. The van der Waals surface area contributed by atoms with Gasteiger partial charge < -0.3 is 14.9 Å². The molecule has 0 radical (unpaired) electrons. The molecule has 1 aromatic heterocycles. The fourth-order valence-corrected chi connectivity index (χ4v) is 2.22. The number of aromatic nitrogens is 2. The number of halogens is 2. The van der Waals surface area contributed by atoms with Gasteiger partial charge in [0.2, 0.25) is 11.7 Å². The van der Waals surface area contributed by atoms with Gasteiger partial charge in [0.15, 0.2) is 0 Å². The van der Waals surface area contributed by atoms with Crippen LogP contribution in [-0.2, 0) is 0 Å². The number of hydrogen-bond donors (Lipinski definition) is 2. The number of hydrogen-bond acceptors (Lipinski definition) is 5. The lowest BCUT2D eigenvalue weighted by atomic mass is 10.2. The highest BCUT2D eigenvalue weighted by Gasteiger charge is 2.28. The van der Waals surface area contributed by atoms with Gasteiger partial charge in [0.25, 0.3) is 0 Å². The average molecular weight is 302 g/mol. The van der Waals surface area contributed by atoms with Gasteiger partial charge in [-0.05, 0) is 18.6 Å². The highest BCUT2D eigenvalue weighted by Crippen LogP contribution is 2.25. The first-order valence-electron chi connectivity index (χ1n) is 5.73.